The maximum Gasteiger partial charge on any atom is 0.253 e. The van der Waals surface area contributed by atoms with Crippen LogP contribution in [0.25, 0.3) is 0 Å². The number of hydrogen-bond donors (Lipinski definition) is 0. The molecular formula is C20H24N2O. The van der Waals surface area contributed by atoms with E-state index in [1.807, 2.05) is 36.1 Å². The molecule has 1 saturated heterocycles. The number of benzene rings is 2. The van der Waals surface area contributed by atoms with E-state index in [0.717, 1.165) is 37.3 Å². The smallest absolute Gasteiger partial charge is 0.253 e. The summed E-state index contributed by atoms with van der Waals surface area (Å²) in [6.07, 6.45) is 0. The van der Waals surface area contributed by atoms with Gasteiger partial charge in [0, 0.05) is 37.4 Å². The van der Waals surface area contributed by atoms with Crippen LogP contribution < -0.4 is 4.90 Å². The van der Waals surface area contributed by atoms with Crippen LogP contribution in [0.1, 0.15) is 27.0 Å². The maximum atomic E-state index is 12.6. The summed E-state index contributed by atoms with van der Waals surface area (Å²) in [7, 11) is 0. The molecule has 1 heterocycles. The minimum Gasteiger partial charge on any atom is -0.368 e. The average molecular weight is 308 g/mol. The van der Waals surface area contributed by atoms with Crippen molar-refractivity contribution in [2.75, 3.05) is 31.1 Å². The van der Waals surface area contributed by atoms with Crippen LogP contribution in [-0.4, -0.2) is 37.0 Å². The summed E-state index contributed by atoms with van der Waals surface area (Å²) in [4.78, 5) is 17.0. The molecule has 1 aliphatic rings. The number of nitrogens with zero attached hydrogens (tertiary/aromatic N) is 2. The number of amides is 1. The lowest BCUT2D eigenvalue weighted by atomic mass is 10.1. The Morgan fingerprint density at radius 1 is 0.870 bits per heavy atom. The van der Waals surface area contributed by atoms with Crippen molar-refractivity contribution in [1.29, 1.82) is 0 Å². The van der Waals surface area contributed by atoms with Gasteiger partial charge >= 0.3 is 0 Å². The van der Waals surface area contributed by atoms with Crippen LogP contribution in [0.4, 0.5) is 5.69 Å². The topological polar surface area (TPSA) is 23.6 Å². The van der Waals surface area contributed by atoms with Gasteiger partial charge in [-0.2, -0.15) is 0 Å². The number of anilines is 1. The first-order valence-electron chi connectivity index (χ1n) is 8.23. The molecule has 0 aliphatic carbocycles. The molecule has 0 bridgehead atoms. The highest BCUT2D eigenvalue weighted by Gasteiger charge is 2.23. The summed E-state index contributed by atoms with van der Waals surface area (Å²) in [5, 5.41) is 0. The molecule has 0 saturated carbocycles. The van der Waals surface area contributed by atoms with Crippen LogP contribution in [0.3, 0.4) is 0 Å². The highest BCUT2D eigenvalue weighted by Crippen LogP contribution is 2.23. The largest absolute Gasteiger partial charge is 0.368 e. The van der Waals surface area contributed by atoms with Gasteiger partial charge in [-0.15, -0.1) is 0 Å². The molecule has 1 aliphatic heterocycles. The van der Waals surface area contributed by atoms with Crippen LogP contribution >= 0.6 is 0 Å². The number of hydrogen-bond acceptors (Lipinski definition) is 2. The zero-order valence-corrected chi connectivity index (χ0v) is 14.2. The first kappa shape index (κ1) is 15.6. The van der Waals surface area contributed by atoms with Gasteiger partial charge in [-0.1, -0.05) is 29.8 Å². The Kier molecular flexibility index (Phi) is 4.37. The summed E-state index contributed by atoms with van der Waals surface area (Å²) < 4.78 is 0. The van der Waals surface area contributed by atoms with E-state index < -0.39 is 0 Å². The number of rotatable bonds is 2. The van der Waals surface area contributed by atoms with Gasteiger partial charge in [-0.3, -0.25) is 4.79 Å². The van der Waals surface area contributed by atoms with Crippen molar-refractivity contribution in [2.24, 2.45) is 0 Å². The molecule has 1 amide bonds. The standard InChI is InChI=1S/C20H24N2O/c1-15-5-4-6-18(13-15)20(23)22-11-9-21(10-12-22)19-14-16(2)7-8-17(19)3/h4-8,13-14H,9-12H2,1-3H3. The lowest BCUT2D eigenvalue weighted by Crippen LogP contribution is -2.49. The number of carbonyl (C=O) groups excluding carboxylic acids is 1. The Balaban J connectivity index is 1.69. The number of carbonyl (C=O) groups is 1. The lowest BCUT2D eigenvalue weighted by molar-refractivity contribution is 0.0746. The Hall–Kier alpha value is -2.29. The van der Waals surface area contributed by atoms with E-state index in [4.69, 9.17) is 0 Å². The summed E-state index contributed by atoms with van der Waals surface area (Å²) >= 11 is 0. The molecule has 0 atom stereocenters. The zero-order chi connectivity index (χ0) is 16.4. The average Bonchev–Trinajstić information content (AvgIpc) is 2.56. The molecule has 1 fully saturated rings. The van der Waals surface area contributed by atoms with Crippen LogP contribution in [0.15, 0.2) is 42.5 Å². The normalized spacial score (nSPS) is 14.9. The van der Waals surface area contributed by atoms with E-state index >= 15 is 0 Å². The number of piperazine rings is 1. The van der Waals surface area contributed by atoms with Gasteiger partial charge < -0.3 is 9.80 Å². The van der Waals surface area contributed by atoms with Crippen molar-refractivity contribution in [3.05, 3.63) is 64.7 Å². The van der Waals surface area contributed by atoms with E-state index in [2.05, 4.69) is 36.9 Å². The van der Waals surface area contributed by atoms with Gasteiger partial charge in [0.05, 0.1) is 0 Å². The van der Waals surface area contributed by atoms with E-state index in [1.165, 1.54) is 16.8 Å². The molecular weight excluding hydrogens is 284 g/mol. The highest BCUT2D eigenvalue weighted by molar-refractivity contribution is 5.94. The molecule has 3 nitrogen and oxygen atoms in total. The summed E-state index contributed by atoms with van der Waals surface area (Å²) in [5.41, 5.74) is 5.81. The number of aryl methyl sites for hydroxylation is 3. The van der Waals surface area contributed by atoms with Crippen molar-refractivity contribution in [2.45, 2.75) is 20.8 Å². The molecule has 0 unspecified atom stereocenters. The summed E-state index contributed by atoms with van der Waals surface area (Å²) in [6.45, 7) is 9.64. The third-order valence-corrected chi connectivity index (χ3v) is 4.54. The summed E-state index contributed by atoms with van der Waals surface area (Å²) in [6, 6.07) is 14.4. The minimum absolute atomic E-state index is 0.148. The predicted molar refractivity (Wildman–Crippen MR) is 95.2 cm³/mol. The van der Waals surface area contributed by atoms with Crippen molar-refractivity contribution in [1.82, 2.24) is 4.90 Å². The van der Waals surface area contributed by atoms with Gasteiger partial charge in [-0.05, 0) is 50.1 Å². The molecule has 0 aromatic heterocycles. The van der Waals surface area contributed by atoms with Crippen LogP contribution in [0.2, 0.25) is 0 Å². The molecule has 0 N–H and O–H groups in total. The molecule has 2 aromatic carbocycles. The van der Waals surface area contributed by atoms with Gasteiger partial charge in [0.1, 0.15) is 0 Å². The fourth-order valence-electron chi connectivity index (χ4n) is 3.17. The Bertz CT molecular complexity index is 715. The van der Waals surface area contributed by atoms with E-state index in [9.17, 15) is 4.79 Å². The maximum absolute atomic E-state index is 12.6. The second-order valence-electron chi connectivity index (χ2n) is 6.44. The first-order valence-corrected chi connectivity index (χ1v) is 8.23. The second-order valence-corrected chi connectivity index (χ2v) is 6.44. The van der Waals surface area contributed by atoms with Crippen LogP contribution in [-0.2, 0) is 0 Å². The van der Waals surface area contributed by atoms with Crippen molar-refractivity contribution in [3.63, 3.8) is 0 Å². The fourth-order valence-corrected chi connectivity index (χ4v) is 3.17. The Morgan fingerprint density at radius 2 is 1.57 bits per heavy atom. The van der Waals surface area contributed by atoms with Crippen molar-refractivity contribution >= 4 is 11.6 Å². The van der Waals surface area contributed by atoms with Crippen molar-refractivity contribution in [3.8, 4) is 0 Å². The second kappa shape index (κ2) is 6.45. The van der Waals surface area contributed by atoms with E-state index in [1.54, 1.807) is 0 Å². The zero-order valence-electron chi connectivity index (χ0n) is 14.2. The molecule has 23 heavy (non-hydrogen) atoms. The Morgan fingerprint density at radius 3 is 2.26 bits per heavy atom. The van der Waals surface area contributed by atoms with Gasteiger partial charge in [-0.25, -0.2) is 0 Å². The van der Waals surface area contributed by atoms with Gasteiger partial charge in [0.2, 0.25) is 0 Å². The predicted octanol–water partition coefficient (Wildman–Crippen LogP) is 3.57. The molecule has 3 heteroatoms. The van der Waals surface area contributed by atoms with Gasteiger partial charge in [0.25, 0.3) is 5.91 Å². The lowest BCUT2D eigenvalue weighted by Gasteiger charge is -2.37. The monoisotopic (exact) mass is 308 g/mol. The summed E-state index contributed by atoms with van der Waals surface area (Å²) in [5.74, 6) is 0.148. The van der Waals surface area contributed by atoms with Crippen molar-refractivity contribution < 1.29 is 4.79 Å². The SMILES string of the molecule is Cc1cccc(C(=O)N2CCN(c3cc(C)ccc3C)CC2)c1. The quantitative estimate of drug-likeness (QED) is 0.846. The third-order valence-electron chi connectivity index (χ3n) is 4.54. The first-order chi connectivity index (χ1) is 11.0. The van der Waals surface area contributed by atoms with Crippen LogP contribution in [0, 0.1) is 20.8 Å². The molecule has 0 spiro atoms. The van der Waals surface area contributed by atoms with E-state index in [0.29, 0.717) is 0 Å². The Labute approximate surface area is 138 Å². The fraction of sp³-hybridized carbons (Fsp3) is 0.350. The molecule has 120 valence electrons. The minimum atomic E-state index is 0.148. The molecule has 0 radical (unpaired) electrons. The molecule has 3 rings (SSSR count). The van der Waals surface area contributed by atoms with Gasteiger partial charge in [0.15, 0.2) is 0 Å². The van der Waals surface area contributed by atoms with Crippen LogP contribution in [0.5, 0.6) is 0 Å². The highest BCUT2D eigenvalue weighted by atomic mass is 16.2. The van der Waals surface area contributed by atoms with E-state index in [-0.39, 0.29) is 5.91 Å². The molecule has 2 aromatic rings. The third kappa shape index (κ3) is 3.39.